The van der Waals surface area contributed by atoms with E-state index >= 15 is 0 Å². The topological polar surface area (TPSA) is 91.7 Å². The Labute approximate surface area is 157 Å². The summed E-state index contributed by atoms with van der Waals surface area (Å²) in [4.78, 5) is 29.0. The van der Waals surface area contributed by atoms with E-state index in [9.17, 15) is 4.79 Å². The fourth-order valence-electron chi connectivity index (χ4n) is 3.55. The second-order valence-corrected chi connectivity index (χ2v) is 6.90. The van der Waals surface area contributed by atoms with Crippen LogP contribution in [0.15, 0.2) is 30.6 Å². The lowest BCUT2D eigenvalue weighted by Gasteiger charge is -2.35. The molecule has 2 aromatic heterocycles. The SMILES string of the molecule is O=C(O)c1ccnc(-c2ccnc(N3CCN(CC4CCCO4)CC3)n2)c1. The molecule has 2 aliphatic rings. The molecule has 2 saturated heterocycles. The van der Waals surface area contributed by atoms with Gasteiger partial charge in [-0.25, -0.2) is 14.8 Å². The second kappa shape index (κ2) is 7.98. The number of piperazine rings is 1. The number of carbonyl (C=O) groups is 1. The molecule has 0 aromatic carbocycles. The minimum atomic E-state index is -0.977. The average molecular weight is 369 g/mol. The van der Waals surface area contributed by atoms with E-state index in [0.717, 1.165) is 45.8 Å². The Kier molecular flexibility index (Phi) is 5.26. The van der Waals surface area contributed by atoms with E-state index in [4.69, 9.17) is 9.84 Å². The molecule has 4 heterocycles. The summed E-state index contributed by atoms with van der Waals surface area (Å²) >= 11 is 0. The monoisotopic (exact) mass is 369 g/mol. The molecule has 2 aromatic rings. The van der Waals surface area contributed by atoms with Crippen molar-refractivity contribution >= 4 is 11.9 Å². The molecule has 27 heavy (non-hydrogen) atoms. The quantitative estimate of drug-likeness (QED) is 0.849. The fourth-order valence-corrected chi connectivity index (χ4v) is 3.55. The highest BCUT2D eigenvalue weighted by Gasteiger charge is 2.24. The Morgan fingerprint density at radius 1 is 1.15 bits per heavy atom. The van der Waals surface area contributed by atoms with Gasteiger partial charge in [0.25, 0.3) is 0 Å². The number of anilines is 1. The third-order valence-corrected chi connectivity index (χ3v) is 5.05. The molecule has 1 unspecified atom stereocenters. The first-order valence-electron chi connectivity index (χ1n) is 9.31. The zero-order chi connectivity index (χ0) is 18.6. The number of ether oxygens (including phenoxy) is 1. The molecule has 0 bridgehead atoms. The predicted molar refractivity (Wildman–Crippen MR) is 99.8 cm³/mol. The Morgan fingerprint density at radius 3 is 2.70 bits per heavy atom. The maximum absolute atomic E-state index is 11.2. The number of aromatic carboxylic acids is 1. The minimum Gasteiger partial charge on any atom is -0.478 e. The van der Waals surface area contributed by atoms with Crippen LogP contribution in [0.1, 0.15) is 23.2 Å². The third kappa shape index (κ3) is 4.23. The van der Waals surface area contributed by atoms with Gasteiger partial charge in [0.1, 0.15) is 0 Å². The van der Waals surface area contributed by atoms with Crippen molar-refractivity contribution in [1.29, 1.82) is 0 Å². The van der Waals surface area contributed by atoms with Crippen LogP contribution in [-0.4, -0.2) is 76.4 Å². The summed E-state index contributed by atoms with van der Waals surface area (Å²) in [5.74, 6) is -0.318. The zero-order valence-corrected chi connectivity index (χ0v) is 15.1. The van der Waals surface area contributed by atoms with Crippen LogP contribution in [0.4, 0.5) is 5.95 Å². The molecule has 2 fully saturated rings. The van der Waals surface area contributed by atoms with Crippen molar-refractivity contribution in [3.8, 4) is 11.4 Å². The van der Waals surface area contributed by atoms with Crippen LogP contribution in [0.3, 0.4) is 0 Å². The summed E-state index contributed by atoms with van der Waals surface area (Å²) in [5.41, 5.74) is 1.36. The van der Waals surface area contributed by atoms with E-state index in [1.807, 2.05) is 0 Å². The number of rotatable bonds is 5. The summed E-state index contributed by atoms with van der Waals surface area (Å²) in [7, 11) is 0. The van der Waals surface area contributed by atoms with Gasteiger partial charge in [0.2, 0.25) is 5.95 Å². The van der Waals surface area contributed by atoms with Crippen molar-refractivity contribution in [2.45, 2.75) is 18.9 Å². The maximum Gasteiger partial charge on any atom is 0.335 e. The van der Waals surface area contributed by atoms with Gasteiger partial charge in [0, 0.05) is 51.7 Å². The van der Waals surface area contributed by atoms with E-state index in [2.05, 4.69) is 24.8 Å². The van der Waals surface area contributed by atoms with Crippen molar-refractivity contribution in [3.63, 3.8) is 0 Å². The number of carboxylic acid groups (broad SMARTS) is 1. The zero-order valence-electron chi connectivity index (χ0n) is 15.1. The highest BCUT2D eigenvalue weighted by Crippen LogP contribution is 2.20. The Hall–Kier alpha value is -2.58. The van der Waals surface area contributed by atoms with E-state index in [1.54, 1.807) is 12.3 Å². The van der Waals surface area contributed by atoms with E-state index in [1.165, 1.54) is 24.8 Å². The number of aromatic nitrogens is 3. The maximum atomic E-state index is 11.2. The van der Waals surface area contributed by atoms with Crippen LogP contribution >= 0.6 is 0 Å². The molecule has 0 radical (unpaired) electrons. The van der Waals surface area contributed by atoms with Crippen LogP contribution in [0.5, 0.6) is 0 Å². The second-order valence-electron chi connectivity index (χ2n) is 6.90. The molecule has 0 aliphatic carbocycles. The van der Waals surface area contributed by atoms with Gasteiger partial charge in [0.05, 0.1) is 23.1 Å². The van der Waals surface area contributed by atoms with Crippen LogP contribution < -0.4 is 4.90 Å². The molecule has 1 atom stereocenters. The number of pyridine rings is 1. The molecule has 0 amide bonds. The van der Waals surface area contributed by atoms with Crippen molar-refractivity contribution in [2.75, 3.05) is 44.2 Å². The molecule has 1 N–H and O–H groups in total. The third-order valence-electron chi connectivity index (χ3n) is 5.05. The lowest BCUT2D eigenvalue weighted by atomic mass is 10.2. The van der Waals surface area contributed by atoms with Gasteiger partial charge < -0.3 is 14.7 Å². The van der Waals surface area contributed by atoms with Gasteiger partial charge in [-0.1, -0.05) is 0 Å². The molecule has 8 heteroatoms. The largest absolute Gasteiger partial charge is 0.478 e. The minimum absolute atomic E-state index is 0.197. The van der Waals surface area contributed by atoms with Crippen LogP contribution in [0.25, 0.3) is 11.4 Å². The summed E-state index contributed by atoms with van der Waals surface area (Å²) in [6, 6.07) is 4.76. The number of hydrogen-bond acceptors (Lipinski definition) is 7. The first-order valence-corrected chi connectivity index (χ1v) is 9.31. The fraction of sp³-hybridized carbons (Fsp3) is 0.474. The number of nitrogens with zero attached hydrogens (tertiary/aromatic N) is 5. The first-order chi connectivity index (χ1) is 13.2. The van der Waals surface area contributed by atoms with Crippen molar-refractivity contribution in [3.05, 3.63) is 36.2 Å². The van der Waals surface area contributed by atoms with Crippen molar-refractivity contribution < 1.29 is 14.6 Å². The summed E-state index contributed by atoms with van der Waals surface area (Å²) in [6.45, 7) is 5.53. The normalized spacial score (nSPS) is 20.7. The molecule has 8 nitrogen and oxygen atoms in total. The van der Waals surface area contributed by atoms with Gasteiger partial charge >= 0.3 is 5.97 Å². The van der Waals surface area contributed by atoms with Crippen molar-refractivity contribution in [2.24, 2.45) is 0 Å². The molecule has 4 rings (SSSR count). The number of carboxylic acids is 1. The lowest BCUT2D eigenvalue weighted by molar-refractivity contribution is 0.0696. The highest BCUT2D eigenvalue weighted by molar-refractivity contribution is 5.88. The van der Waals surface area contributed by atoms with Gasteiger partial charge in [0.15, 0.2) is 0 Å². The predicted octanol–water partition coefficient (Wildman–Crippen LogP) is 1.54. The van der Waals surface area contributed by atoms with E-state index in [0.29, 0.717) is 23.4 Å². The van der Waals surface area contributed by atoms with Crippen LogP contribution in [-0.2, 0) is 4.74 Å². The van der Waals surface area contributed by atoms with Gasteiger partial charge in [-0.05, 0) is 31.0 Å². The summed E-state index contributed by atoms with van der Waals surface area (Å²) < 4.78 is 5.73. The van der Waals surface area contributed by atoms with E-state index in [-0.39, 0.29) is 5.56 Å². The summed E-state index contributed by atoms with van der Waals surface area (Å²) in [6.07, 6.45) is 5.90. The standard InChI is InChI=1S/C19H23N5O3/c25-18(26)14-3-5-20-17(12-14)16-4-6-21-19(22-16)24-9-7-23(8-10-24)13-15-2-1-11-27-15/h3-6,12,15H,1-2,7-11,13H2,(H,25,26). The smallest absolute Gasteiger partial charge is 0.335 e. The molecule has 0 spiro atoms. The Balaban J connectivity index is 1.42. The Morgan fingerprint density at radius 2 is 1.96 bits per heavy atom. The van der Waals surface area contributed by atoms with Gasteiger partial charge in [-0.3, -0.25) is 9.88 Å². The molecule has 2 aliphatic heterocycles. The Bertz CT molecular complexity index is 801. The lowest BCUT2D eigenvalue weighted by Crippen LogP contribution is -2.49. The molecule has 142 valence electrons. The van der Waals surface area contributed by atoms with E-state index < -0.39 is 5.97 Å². The average Bonchev–Trinajstić information content (AvgIpc) is 3.22. The molecular formula is C19H23N5O3. The highest BCUT2D eigenvalue weighted by atomic mass is 16.5. The molecular weight excluding hydrogens is 346 g/mol. The number of hydrogen-bond donors (Lipinski definition) is 1. The molecule has 0 saturated carbocycles. The van der Waals surface area contributed by atoms with Gasteiger partial charge in [-0.15, -0.1) is 0 Å². The summed E-state index contributed by atoms with van der Waals surface area (Å²) in [5, 5.41) is 9.16. The van der Waals surface area contributed by atoms with Gasteiger partial charge in [-0.2, -0.15) is 0 Å². The first kappa shape index (κ1) is 17.8. The van der Waals surface area contributed by atoms with Crippen LogP contribution in [0, 0.1) is 0 Å². The van der Waals surface area contributed by atoms with Crippen molar-refractivity contribution in [1.82, 2.24) is 19.9 Å². The van der Waals surface area contributed by atoms with Crippen LogP contribution in [0.2, 0.25) is 0 Å².